The van der Waals surface area contributed by atoms with Gasteiger partial charge in [-0.1, -0.05) is 215 Å². The van der Waals surface area contributed by atoms with Crippen LogP contribution in [0.2, 0.25) is 0 Å². The van der Waals surface area contributed by atoms with Crippen molar-refractivity contribution in [3.05, 3.63) is 72.9 Å². The maximum atomic E-state index is 12.3. The molecular weight excluding hydrogens is 663 g/mol. The van der Waals surface area contributed by atoms with E-state index in [9.17, 15) is 15.0 Å². The SMILES string of the molecule is CC/C=C\C/C=C\C/C=C\C/C=C\CCCCC(=O)NC(CO)C(O)/C=C/CC/C=C/CCCCCCCCCCCCCCCCCCCCCCC. The van der Waals surface area contributed by atoms with Crippen LogP contribution < -0.4 is 5.32 Å². The Hall–Kier alpha value is -2.17. The molecule has 3 N–H and O–H groups in total. The lowest BCUT2D eigenvalue weighted by molar-refractivity contribution is -0.123. The Bertz CT molecular complexity index is 946. The number of hydrogen-bond donors (Lipinski definition) is 3. The highest BCUT2D eigenvalue weighted by Gasteiger charge is 2.17. The third-order valence-electron chi connectivity index (χ3n) is 10.2. The minimum Gasteiger partial charge on any atom is -0.394 e. The van der Waals surface area contributed by atoms with E-state index in [1.807, 2.05) is 6.08 Å². The van der Waals surface area contributed by atoms with Crippen LogP contribution in [-0.2, 0) is 4.79 Å². The lowest BCUT2D eigenvalue weighted by Crippen LogP contribution is -2.45. The summed E-state index contributed by atoms with van der Waals surface area (Å²) in [6.45, 7) is 4.16. The van der Waals surface area contributed by atoms with Crippen LogP contribution in [-0.4, -0.2) is 34.9 Å². The van der Waals surface area contributed by atoms with Crippen LogP contribution in [0, 0.1) is 0 Å². The second kappa shape index (κ2) is 45.2. The molecule has 0 fully saturated rings. The lowest BCUT2D eigenvalue weighted by Gasteiger charge is -2.19. The molecule has 54 heavy (non-hydrogen) atoms. The van der Waals surface area contributed by atoms with Crippen LogP contribution in [0.3, 0.4) is 0 Å². The van der Waals surface area contributed by atoms with Gasteiger partial charge in [-0.3, -0.25) is 4.79 Å². The summed E-state index contributed by atoms with van der Waals surface area (Å²) in [5.74, 6) is -0.116. The number of aliphatic hydroxyl groups is 2. The summed E-state index contributed by atoms with van der Waals surface area (Å²) in [6.07, 6.45) is 64.6. The Kier molecular flexibility index (Phi) is 43.4. The van der Waals surface area contributed by atoms with E-state index in [2.05, 4.69) is 79.9 Å². The third-order valence-corrected chi connectivity index (χ3v) is 10.2. The minimum atomic E-state index is -0.883. The van der Waals surface area contributed by atoms with Crippen molar-refractivity contribution in [2.45, 2.75) is 231 Å². The fourth-order valence-electron chi connectivity index (χ4n) is 6.66. The van der Waals surface area contributed by atoms with Crippen molar-refractivity contribution < 1.29 is 15.0 Å². The van der Waals surface area contributed by atoms with Gasteiger partial charge in [0.25, 0.3) is 0 Å². The highest BCUT2D eigenvalue weighted by Crippen LogP contribution is 2.15. The van der Waals surface area contributed by atoms with E-state index in [0.29, 0.717) is 6.42 Å². The molecule has 312 valence electrons. The zero-order valence-electron chi connectivity index (χ0n) is 35.7. The smallest absolute Gasteiger partial charge is 0.220 e. The summed E-state index contributed by atoms with van der Waals surface area (Å²) in [6, 6.07) is -0.664. The fourth-order valence-corrected chi connectivity index (χ4v) is 6.66. The molecule has 1 amide bonds. The van der Waals surface area contributed by atoms with E-state index in [1.165, 1.54) is 135 Å². The summed E-state index contributed by atoms with van der Waals surface area (Å²) in [7, 11) is 0. The van der Waals surface area contributed by atoms with Crippen molar-refractivity contribution in [2.75, 3.05) is 6.61 Å². The third kappa shape index (κ3) is 41.0. The average molecular weight is 752 g/mol. The number of allylic oxidation sites excluding steroid dienone is 11. The van der Waals surface area contributed by atoms with E-state index < -0.39 is 12.1 Å². The molecule has 0 heterocycles. The topological polar surface area (TPSA) is 69.6 Å². The molecule has 0 radical (unpaired) electrons. The number of unbranched alkanes of at least 4 members (excludes halogenated alkanes) is 24. The number of rotatable bonds is 41. The predicted molar refractivity (Wildman–Crippen MR) is 239 cm³/mol. The molecule has 0 bridgehead atoms. The Balaban J connectivity index is 3.62. The molecule has 0 aromatic carbocycles. The molecule has 4 heteroatoms. The first kappa shape index (κ1) is 51.8. The van der Waals surface area contributed by atoms with Gasteiger partial charge in [0.15, 0.2) is 0 Å². The van der Waals surface area contributed by atoms with Crippen molar-refractivity contribution in [2.24, 2.45) is 0 Å². The molecule has 0 saturated carbocycles. The van der Waals surface area contributed by atoms with Crippen molar-refractivity contribution >= 4 is 5.91 Å². The van der Waals surface area contributed by atoms with Gasteiger partial charge < -0.3 is 15.5 Å². The summed E-state index contributed by atoms with van der Waals surface area (Å²) in [4.78, 5) is 12.3. The van der Waals surface area contributed by atoms with Crippen LogP contribution in [0.5, 0.6) is 0 Å². The molecule has 2 unspecified atom stereocenters. The molecule has 0 saturated heterocycles. The van der Waals surface area contributed by atoms with Gasteiger partial charge in [0.2, 0.25) is 5.91 Å². The Morgan fingerprint density at radius 2 is 0.833 bits per heavy atom. The molecule has 0 aliphatic heterocycles. The van der Waals surface area contributed by atoms with Crippen LogP contribution in [0.1, 0.15) is 219 Å². The van der Waals surface area contributed by atoms with Crippen LogP contribution >= 0.6 is 0 Å². The van der Waals surface area contributed by atoms with Crippen molar-refractivity contribution in [3.8, 4) is 0 Å². The Labute approximate surface area is 336 Å². The first-order valence-corrected chi connectivity index (χ1v) is 23.2. The first-order valence-electron chi connectivity index (χ1n) is 23.2. The Morgan fingerprint density at radius 1 is 0.463 bits per heavy atom. The molecule has 0 aromatic heterocycles. The minimum absolute atomic E-state index is 0.116. The van der Waals surface area contributed by atoms with E-state index in [-0.39, 0.29) is 12.5 Å². The quantitative estimate of drug-likeness (QED) is 0.0430. The maximum Gasteiger partial charge on any atom is 0.220 e. The zero-order chi connectivity index (χ0) is 39.3. The van der Waals surface area contributed by atoms with Crippen LogP contribution in [0.15, 0.2) is 72.9 Å². The molecule has 2 atom stereocenters. The molecule has 0 rings (SSSR count). The summed E-state index contributed by atoms with van der Waals surface area (Å²) in [5.41, 5.74) is 0. The van der Waals surface area contributed by atoms with E-state index >= 15 is 0 Å². The molecule has 0 aliphatic rings. The highest BCUT2D eigenvalue weighted by molar-refractivity contribution is 5.76. The fraction of sp³-hybridized carbons (Fsp3) is 0.740. The van der Waals surface area contributed by atoms with E-state index in [0.717, 1.165) is 64.2 Å². The largest absolute Gasteiger partial charge is 0.394 e. The number of nitrogens with one attached hydrogen (secondary N) is 1. The predicted octanol–water partition coefficient (Wildman–Crippen LogP) is 14.7. The standard InChI is InChI=1S/C50H89NO3/c1-3-5-7-9-11-13-15-17-19-20-21-22-23-24-25-26-27-28-29-30-32-33-35-37-39-41-43-45-49(53)48(47-52)51-50(54)46-44-42-40-38-36-34-31-18-16-14-12-10-8-6-4-2/h6,8,12,14,18,31,35-38,43,45,48-49,52-53H,3-5,7,9-11,13,15-17,19-30,32-34,39-42,44,46-47H2,1-2H3,(H,51,54)/b8-6-,14-12-,31-18-,37-35+,38-36-,45-43+. The van der Waals surface area contributed by atoms with Gasteiger partial charge in [-0.2, -0.15) is 0 Å². The lowest BCUT2D eigenvalue weighted by atomic mass is 10.0. The molecule has 4 nitrogen and oxygen atoms in total. The van der Waals surface area contributed by atoms with Gasteiger partial charge in [0, 0.05) is 6.42 Å². The number of hydrogen-bond acceptors (Lipinski definition) is 3. The number of carbonyl (C=O) groups is 1. The maximum absolute atomic E-state index is 12.3. The number of amides is 1. The molecular formula is C50H89NO3. The second-order valence-corrected chi connectivity index (χ2v) is 15.4. The van der Waals surface area contributed by atoms with E-state index in [1.54, 1.807) is 6.08 Å². The van der Waals surface area contributed by atoms with Gasteiger partial charge in [0.05, 0.1) is 18.8 Å². The van der Waals surface area contributed by atoms with Gasteiger partial charge in [-0.05, 0) is 70.6 Å². The summed E-state index contributed by atoms with van der Waals surface area (Å²) < 4.78 is 0. The number of carbonyl (C=O) groups excluding carboxylic acids is 1. The first-order chi connectivity index (χ1) is 26.7. The van der Waals surface area contributed by atoms with Crippen molar-refractivity contribution in [1.82, 2.24) is 5.32 Å². The van der Waals surface area contributed by atoms with Crippen molar-refractivity contribution in [3.63, 3.8) is 0 Å². The molecule has 0 aliphatic carbocycles. The molecule has 0 spiro atoms. The van der Waals surface area contributed by atoms with Gasteiger partial charge in [-0.25, -0.2) is 0 Å². The van der Waals surface area contributed by atoms with Gasteiger partial charge >= 0.3 is 0 Å². The van der Waals surface area contributed by atoms with Gasteiger partial charge in [0.1, 0.15) is 0 Å². The van der Waals surface area contributed by atoms with E-state index in [4.69, 9.17) is 0 Å². The second-order valence-electron chi connectivity index (χ2n) is 15.4. The van der Waals surface area contributed by atoms with Crippen LogP contribution in [0.4, 0.5) is 0 Å². The average Bonchev–Trinajstić information content (AvgIpc) is 3.18. The molecule has 0 aromatic rings. The van der Waals surface area contributed by atoms with Gasteiger partial charge in [-0.15, -0.1) is 0 Å². The summed E-state index contributed by atoms with van der Waals surface area (Å²) in [5, 5.41) is 23.0. The highest BCUT2D eigenvalue weighted by atomic mass is 16.3. The Morgan fingerprint density at radius 3 is 1.30 bits per heavy atom. The number of aliphatic hydroxyl groups excluding tert-OH is 2. The zero-order valence-corrected chi connectivity index (χ0v) is 35.7. The normalized spacial score (nSPS) is 13.6. The monoisotopic (exact) mass is 752 g/mol. The van der Waals surface area contributed by atoms with Crippen LogP contribution in [0.25, 0.3) is 0 Å². The summed E-state index contributed by atoms with van der Waals surface area (Å²) >= 11 is 0. The van der Waals surface area contributed by atoms with Crippen molar-refractivity contribution in [1.29, 1.82) is 0 Å².